The summed E-state index contributed by atoms with van der Waals surface area (Å²) in [6.45, 7) is 4.01. The maximum atomic E-state index is 12.5. The molecule has 1 aliphatic heterocycles. The van der Waals surface area contributed by atoms with Gasteiger partial charge in [0.05, 0.1) is 6.26 Å². The second kappa shape index (κ2) is 11.7. The molecule has 1 N–H and O–H groups in total. The van der Waals surface area contributed by atoms with Gasteiger partial charge in [0.15, 0.2) is 0 Å². The summed E-state index contributed by atoms with van der Waals surface area (Å²) >= 11 is 0. The maximum Gasteiger partial charge on any atom is 0.316 e. The van der Waals surface area contributed by atoms with Crippen LogP contribution < -0.4 is 10.1 Å². The second-order valence-electron chi connectivity index (χ2n) is 8.76. The van der Waals surface area contributed by atoms with Crippen LogP contribution in [0.4, 0.5) is 0 Å². The van der Waals surface area contributed by atoms with E-state index < -0.39 is 10.0 Å². The molecule has 0 spiro atoms. The molecule has 0 unspecified atom stereocenters. The van der Waals surface area contributed by atoms with Gasteiger partial charge in [0, 0.05) is 57.5 Å². The van der Waals surface area contributed by atoms with Gasteiger partial charge in [-0.1, -0.05) is 6.92 Å². The zero-order chi connectivity index (χ0) is 23.8. The van der Waals surface area contributed by atoms with E-state index in [1.165, 1.54) is 10.6 Å². The number of rotatable bonds is 9. The van der Waals surface area contributed by atoms with Crippen LogP contribution in [0, 0.1) is 5.92 Å². The number of aryl methyl sites for hydroxylation is 1. The summed E-state index contributed by atoms with van der Waals surface area (Å²) in [6.07, 6.45) is 9.66. The molecule has 0 atom stereocenters. The zero-order valence-electron chi connectivity index (χ0n) is 19.5. The Morgan fingerprint density at radius 2 is 1.73 bits per heavy atom. The Morgan fingerprint density at radius 3 is 2.30 bits per heavy atom. The number of carbonyl (C=O) groups is 2. The molecule has 2 aliphatic rings. The highest BCUT2D eigenvalue weighted by atomic mass is 32.2. The van der Waals surface area contributed by atoms with Crippen LogP contribution in [0.1, 0.15) is 51.0 Å². The number of hydrogen-bond acceptors (Lipinski definition) is 7. The Bertz CT molecular complexity index is 892. The van der Waals surface area contributed by atoms with Crippen molar-refractivity contribution in [3.8, 4) is 6.01 Å². The van der Waals surface area contributed by atoms with E-state index in [1.54, 1.807) is 17.3 Å². The van der Waals surface area contributed by atoms with Crippen LogP contribution in [0.2, 0.25) is 0 Å². The Kier molecular flexibility index (Phi) is 9.02. The van der Waals surface area contributed by atoms with Crippen LogP contribution in [-0.4, -0.2) is 84.5 Å². The van der Waals surface area contributed by atoms with Crippen molar-refractivity contribution in [2.24, 2.45) is 5.92 Å². The van der Waals surface area contributed by atoms with E-state index in [2.05, 4.69) is 15.3 Å². The molecule has 184 valence electrons. The van der Waals surface area contributed by atoms with E-state index in [0.717, 1.165) is 37.7 Å². The molecule has 33 heavy (non-hydrogen) atoms. The fraction of sp³-hybridized carbons (Fsp3) is 0.727. The average molecular weight is 482 g/mol. The van der Waals surface area contributed by atoms with E-state index in [0.29, 0.717) is 51.6 Å². The topological polar surface area (TPSA) is 122 Å². The number of amides is 2. The summed E-state index contributed by atoms with van der Waals surface area (Å²) in [5.41, 5.74) is 1.07. The minimum atomic E-state index is -3.20. The lowest BCUT2D eigenvalue weighted by Gasteiger charge is -2.33. The van der Waals surface area contributed by atoms with Crippen molar-refractivity contribution >= 4 is 21.8 Å². The molecule has 0 bridgehead atoms. The number of piperazine rings is 1. The van der Waals surface area contributed by atoms with Crippen LogP contribution in [0.5, 0.6) is 6.01 Å². The normalized spacial score (nSPS) is 22.1. The first kappa shape index (κ1) is 25.4. The molecule has 0 radical (unpaired) electrons. The number of nitrogens with one attached hydrogen (secondary N) is 1. The second-order valence-corrected chi connectivity index (χ2v) is 10.7. The highest BCUT2D eigenvalue weighted by Gasteiger charge is 2.28. The van der Waals surface area contributed by atoms with Crippen molar-refractivity contribution in [3.05, 3.63) is 18.0 Å². The fourth-order valence-corrected chi connectivity index (χ4v) is 5.03. The van der Waals surface area contributed by atoms with Crippen molar-refractivity contribution in [1.29, 1.82) is 0 Å². The largest absolute Gasteiger partial charge is 0.460 e. The summed E-state index contributed by atoms with van der Waals surface area (Å²) in [5, 5.41) is 2.95. The van der Waals surface area contributed by atoms with Gasteiger partial charge in [-0.05, 0) is 44.1 Å². The molecule has 3 rings (SSSR count). The Balaban J connectivity index is 1.29. The quantitative estimate of drug-likeness (QED) is 0.522. The van der Waals surface area contributed by atoms with Crippen LogP contribution in [0.25, 0.3) is 0 Å². The molecule has 1 aromatic rings. The fourth-order valence-electron chi connectivity index (χ4n) is 4.20. The van der Waals surface area contributed by atoms with E-state index in [4.69, 9.17) is 4.74 Å². The summed E-state index contributed by atoms with van der Waals surface area (Å²) < 4.78 is 30.4. The average Bonchev–Trinajstić information content (AvgIpc) is 2.82. The molecule has 11 heteroatoms. The van der Waals surface area contributed by atoms with Crippen LogP contribution in [-0.2, 0) is 26.0 Å². The predicted molar refractivity (Wildman–Crippen MR) is 123 cm³/mol. The monoisotopic (exact) mass is 481 g/mol. The lowest BCUT2D eigenvalue weighted by atomic mass is 9.87. The number of hydrogen-bond donors (Lipinski definition) is 1. The molecule has 2 heterocycles. The molecular formula is C22H35N5O5S. The van der Waals surface area contributed by atoms with Gasteiger partial charge in [-0.15, -0.1) is 0 Å². The number of ether oxygens (including phenoxy) is 1. The zero-order valence-corrected chi connectivity index (χ0v) is 20.3. The number of carbonyl (C=O) groups excluding carboxylic acids is 2. The third-order valence-electron chi connectivity index (χ3n) is 6.33. The molecule has 1 saturated carbocycles. The lowest BCUT2D eigenvalue weighted by Crippen LogP contribution is -2.50. The first-order chi connectivity index (χ1) is 15.8. The summed E-state index contributed by atoms with van der Waals surface area (Å²) in [7, 11) is -3.20. The van der Waals surface area contributed by atoms with Gasteiger partial charge in [0.2, 0.25) is 21.8 Å². The van der Waals surface area contributed by atoms with Crippen molar-refractivity contribution in [2.75, 3.05) is 39.0 Å². The number of sulfonamides is 1. The lowest BCUT2D eigenvalue weighted by molar-refractivity contribution is -0.133. The summed E-state index contributed by atoms with van der Waals surface area (Å²) in [6, 6.07) is 0.391. The predicted octanol–water partition coefficient (Wildman–Crippen LogP) is 0.977. The molecule has 1 saturated heterocycles. The maximum absolute atomic E-state index is 12.5. The third kappa shape index (κ3) is 7.63. The molecule has 2 amide bonds. The van der Waals surface area contributed by atoms with Gasteiger partial charge in [0.25, 0.3) is 0 Å². The Hall–Kier alpha value is -2.27. The highest BCUT2D eigenvalue weighted by Crippen LogP contribution is 2.26. The first-order valence-electron chi connectivity index (χ1n) is 11.7. The summed E-state index contributed by atoms with van der Waals surface area (Å²) in [5.74, 6) is 0.00321. The Morgan fingerprint density at radius 1 is 1.09 bits per heavy atom. The smallest absolute Gasteiger partial charge is 0.316 e. The van der Waals surface area contributed by atoms with Gasteiger partial charge in [0.1, 0.15) is 6.10 Å². The Labute approximate surface area is 196 Å². The molecule has 0 aromatic carbocycles. The van der Waals surface area contributed by atoms with Gasteiger partial charge in [-0.2, -0.15) is 4.31 Å². The third-order valence-corrected chi connectivity index (χ3v) is 7.64. The summed E-state index contributed by atoms with van der Waals surface area (Å²) in [4.78, 5) is 35.0. The number of nitrogens with zero attached hydrogens (tertiary/aromatic N) is 4. The van der Waals surface area contributed by atoms with Crippen molar-refractivity contribution in [3.63, 3.8) is 0 Å². The molecule has 10 nitrogen and oxygen atoms in total. The number of aromatic nitrogens is 2. The van der Waals surface area contributed by atoms with Crippen LogP contribution >= 0.6 is 0 Å². The van der Waals surface area contributed by atoms with Gasteiger partial charge < -0.3 is 15.0 Å². The van der Waals surface area contributed by atoms with Gasteiger partial charge >= 0.3 is 6.01 Å². The standard InChI is InChI=1S/C22H35N5O5S/c1-3-17-15-24-22(25-16-17)32-19-8-6-18(7-9-19)21(29)23-10-4-5-20(28)26-11-13-27(14-12-26)33(2,30)31/h15-16,18-19H,3-14H2,1-2H3,(H,23,29). The molecular weight excluding hydrogens is 446 g/mol. The van der Waals surface area contributed by atoms with Crippen molar-refractivity contribution in [1.82, 2.24) is 24.5 Å². The first-order valence-corrected chi connectivity index (χ1v) is 13.6. The highest BCUT2D eigenvalue weighted by molar-refractivity contribution is 7.88. The van der Waals surface area contributed by atoms with E-state index in [1.807, 2.05) is 6.92 Å². The van der Waals surface area contributed by atoms with Crippen LogP contribution in [0.3, 0.4) is 0 Å². The van der Waals surface area contributed by atoms with E-state index >= 15 is 0 Å². The molecule has 1 aromatic heterocycles. The minimum absolute atomic E-state index is 0.00393. The minimum Gasteiger partial charge on any atom is -0.460 e. The van der Waals surface area contributed by atoms with Crippen molar-refractivity contribution < 1.29 is 22.7 Å². The molecule has 2 fully saturated rings. The van der Waals surface area contributed by atoms with Gasteiger partial charge in [-0.3, -0.25) is 9.59 Å². The van der Waals surface area contributed by atoms with Crippen LogP contribution in [0.15, 0.2) is 12.4 Å². The molecule has 1 aliphatic carbocycles. The van der Waals surface area contributed by atoms with Gasteiger partial charge in [-0.25, -0.2) is 18.4 Å². The van der Waals surface area contributed by atoms with E-state index in [-0.39, 0.29) is 23.8 Å². The van der Waals surface area contributed by atoms with E-state index in [9.17, 15) is 18.0 Å². The SMILES string of the molecule is CCc1cnc(OC2CCC(C(=O)NCCCC(=O)N3CCN(S(C)(=O)=O)CC3)CC2)nc1. The van der Waals surface area contributed by atoms with Crippen molar-refractivity contribution in [2.45, 2.75) is 58.0 Å².